The first-order valence-electron chi connectivity index (χ1n) is 7.50. The Morgan fingerprint density at radius 1 is 1.19 bits per heavy atom. The van der Waals surface area contributed by atoms with Gasteiger partial charge in [0, 0.05) is 36.4 Å². The molecule has 0 atom stereocenters. The van der Waals surface area contributed by atoms with Crippen LogP contribution < -0.4 is 10.6 Å². The van der Waals surface area contributed by atoms with Gasteiger partial charge >= 0.3 is 0 Å². The van der Waals surface area contributed by atoms with Gasteiger partial charge < -0.3 is 10.6 Å². The van der Waals surface area contributed by atoms with Crippen LogP contribution in [0.4, 0.5) is 10.1 Å². The SMILES string of the molecule is Cc1ccc2c(c1)CCCN2Cc1cccc(CN)c1F. The Kier molecular flexibility index (Phi) is 3.93. The molecule has 3 heteroatoms. The number of hydrogen-bond acceptors (Lipinski definition) is 2. The predicted molar refractivity (Wildman–Crippen MR) is 84.8 cm³/mol. The number of benzene rings is 2. The van der Waals surface area contributed by atoms with E-state index in [0.29, 0.717) is 12.1 Å². The molecule has 0 saturated heterocycles. The summed E-state index contributed by atoms with van der Waals surface area (Å²) in [7, 11) is 0. The number of halogens is 1. The lowest BCUT2D eigenvalue weighted by Gasteiger charge is -2.32. The maximum absolute atomic E-state index is 14.4. The van der Waals surface area contributed by atoms with Crippen molar-refractivity contribution in [1.29, 1.82) is 0 Å². The minimum Gasteiger partial charge on any atom is -0.367 e. The van der Waals surface area contributed by atoms with E-state index in [4.69, 9.17) is 5.73 Å². The van der Waals surface area contributed by atoms with Crippen LogP contribution >= 0.6 is 0 Å². The molecule has 110 valence electrons. The van der Waals surface area contributed by atoms with Gasteiger partial charge in [-0.15, -0.1) is 0 Å². The number of nitrogens with two attached hydrogens (primary N) is 1. The summed E-state index contributed by atoms with van der Waals surface area (Å²) in [5, 5.41) is 0. The largest absolute Gasteiger partial charge is 0.367 e. The highest BCUT2D eigenvalue weighted by Gasteiger charge is 2.18. The summed E-state index contributed by atoms with van der Waals surface area (Å²) in [5.74, 6) is -0.153. The first kappa shape index (κ1) is 14.1. The van der Waals surface area contributed by atoms with Gasteiger partial charge in [0.15, 0.2) is 0 Å². The second-order valence-electron chi connectivity index (χ2n) is 5.75. The molecule has 1 aliphatic heterocycles. The molecule has 0 bridgehead atoms. The number of fused-ring (bicyclic) bond motifs is 1. The van der Waals surface area contributed by atoms with Crippen molar-refractivity contribution in [3.63, 3.8) is 0 Å². The fourth-order valence-electron chi connectivity index (χ4n) is 3.09. The Labute approximate surface area is 125 Å². The zero-order valence-corrected chi connectivity index (χ0v) is 12.4. The zero-order valence-electron chi connectivity index (χ0n) is 12.4. The maximum Gasteiger partial charge on any atom is 0.132 e. The molecule has 2 nitrogen and oxygen atoms in total. The minimum atomic E-state index is -0.153. The van der Waals surface area contributed by atoms with Crippen LogP contribution in [-0.4, -0.2) is 6.54 Å². The number of anilines is 1. The van der Waals surface area contributed by atoms with E-state index in [-0.39, 0.29) is 12.4 Å². The van der Waals surface area contributed by atoms with Gasteiger partial charge in [0.25, 0.3) is 0 Å². The monoisotopic (exact) mass is 284 g/mol. The Morgan fingerprint density at radius 3 is 2.81 bits per heavy atom. The highest BCUT2D eigenvalue weighted by molar-refractivity contribution is 5.57. The molecule has 2 aromatic rings. The Bertz CT molecular complexity index is 652. The highest BCUT2D eigenvalue weighted by atomic mass is 19.1. The van der Waals surface area contributed by atoms with E-state index in [1.807, 2.05) is 12.1 Å². The van der Waals surface area contributed by atoms with Crippen molar-refractivity contribution in [2.75, 3.05) is 11.4 Å². The molecule has 21 heavy (non-hydrogen) atoms. The molecule has 2 aromatic carbocycles. The van der Waals surface area contributed by atoms with Crippen molar-refractivity contribution in [3.05, 3.63) is 64.5 Å². The second-order valence-corrected chi connectivity index (χ2v) is 5.75. The van der Waals surface area contributed by atoms with Crippen LogP contribution in [0.5, 0.6) is 0 Å². The van der Waals surface area contributed by atoms with Gasteiger partial charge in [-0.1, -0.05) is 35.9 Å². The van der Waals surface area contributed by atoms with Crippen molar-refractivity contribution >= 4 is 5.69 Å². The van der Waals surface area contributed by atoms with Gasteiger partial charge in [-0.2, -0.15) is 0 Å². The van der Waals surface area contributed by atoms with E-state index in [9.17, 15) is 4.39 Å². The van der Waals surface area contributed by atoms with E-state index in [1.54, 1.807) is 6.07 Å². The van der Waals surface area contributed by atoms with E-state index in [0.717, 1.165) is 24.9 Å². The Morgan fingerprint density at radius 2 is 2.00 bits per heavy atom. The summed E-state index contributed by atoms with van der Waals surface area (Å²) in [6.45, 7) is 3.94. The summed E-state index contributed by atoms with van der Waals surface area (Å²) in [6.07, 6.45) is 2.23. The molecule has 0 spiro atoms. The average molecular weight is 284 g/mol. The van der Waals surface area contributed by atoms with Crippen LogP contribution in [-0.2, 0) is 19.5 Å². The molecule has 0 aromatic heterocycles. The normalized spacial score (nSPS) is 14.1. The molecule has 0 aliphatic carbocycles. The fraction of sp³-hybridized carbons (Fsp3) is 0.333. The van der Waals surface area contributed by atoms with Crippen LogP contribution in [0.2, 0.25) is 0 Å². The van der Waals surface area contributed by atoms with Gasteiger partial charge in [-0.3, -0.25) is 0 Å². The number of hydrogen-bond donors (Lipinski definition) is 1. The molecule has 3 rings (SSSR count). The van der Waals surface area contributed by atoms with E-state index in [2.05, 4.69) is 30.0 Å². The molecule has 0 fully saturated rings. The van der Waals surface area contributed by atoms with Crippen molar-refractivity contribution in [2.45, 2.75) is 32.9 Å². The summed E-state index contributed by atoms with van der Waals surface area (Å²) in [4.78, 5) is 2.27. The van der Waals surface area contributed by atoms with Crippen LogP contribution in [0, 0.1) is 12.7 Å². The maximum atomic E-state index is 14.4. The van der Waals surface area contributed by atoms with Crippen molar-refractivity contribution < 1.29 is 4.39 Å². The molecule has 0 radical (unpaired) electrons. The fourth-order valence-corrected chi connectivity index (χ4v) is 3.09. The molecule has 2 N–H and O–H groups in total. The number of rotatable bonds is 3. The quantitative estimate of drug-likeness (QED) is 0.934. The summed E-state index contributed by atoms with van der Waals surface area (Å²) in [5.41, 5.74) is 10.8. The molecule has 1 aliphatic rings. The second kappa shape index (κ2) is 5.86. The third kappa shape index (κ3) is 2.79. The van der Waals surface area contributed by atoms with Gasteiger partial charge in [0.2, 0.25) is 0 Å². The standard InChI is InChI=1S/C18H21FN2/c1-13-7-8-17-14(10-13)6-3-9-21(17)12-16-5-2-4-15(11-20)18(16)19/h2,4-5,7-8,10H,3,6,9,11-12,20H2,1H3. The average Bonchev–Trinajstić information content (AvgIpc) is 2.49. The zero-order chi connectivity index (χ0) is 14.8. The Hall–Kier alpha value is -1.87. The number of nitrogens with zero attached hydrogens (tertiary/aromatic N) is 1. The minimum absolute atomic E-state index is 0.153. The highest BCUT2D eigenvalue weighted by Crippen LogP contribution is 2.29. The van der Waals surface area contributed by atoms with Crippen molar-refractivity contribution in [2.24, 2.45) is 5.73 Å². The summed E-state index contributed by atoms with van der Waals surface area (Å²) >= 11 is 0. The summed E-state index contributed by atoms with van der Waals surface area (Å²) in [6, 6.07) is 12.0. The van der Waals surface area contributed by atoms with Crippen LogP contribution in [0.25, 0.3) is 0 Å². The molecular weight excluding hydrogens is 263 g/mol. The lowest BCUT2D eigenvalue weighted by atomic mass is 9.98. The first-order chi connectivity index (χ1) is 10.2. The van der Waals surface area contributed by atoms with Crippen LogP contribution in [0.15, 0.2) is 36.4 Å². The van der Waals surface area contributed by atoms with Crippen molar-refractivity contribution in [3.8, 4) is 0 Å². The molecule has 0 unspecified atom stereocenters. The first-order valence-corrected chi connectivity index (χ1v) is 7.50. The molecule has 0 amide bonds. The lowest BCUT2D eigenvalue weighted by molar-refractivity contribution is 0.583. The van der Waals surface area contributed by atoms with E-state index >= 15 is 0 Å². The Balaban J connectivity index is 1.90. The van der Waals surface area contributed by atoms with Crippen LogP contribution in [0.1, 0.15) is 28.7 Å². The topological polar surface area (TPSA) is 29.3 Å². The summed E-state index contributed by atoms with van der Waals surface area (Å²) < 4.78 is 14.4. The van der Waals surface area contributed by atoms with Crippen molar-refractivity contribution in [1.82, 2.24) is 0 Å². The predicted octanol–water partition coefficient (Wildman–Crippen LogP) is 3.55. The molecule has 1 heterocycles. The van der Waals surface area contributed by atoms with Crippen LogP contribution in [0.3, 0.4) is 0 Å². The van der Waals surface area contributed by atoms with E-state index < -0.39 is 0 Å². The number of aryl methyl sites for hydroxylation is 2. The van der Waals surface area contributed by atoms with Gasteiger partial charge in [0.1, 0.15) is 5.82 Å². The van der Waals surface area contributed by atoms with E-state index in [1.165, 1.54) is 16.8 Å². The third-order valence-electron chi connectivity index (χ3n) is 4.19. The molecule has 0 saturated carbocycles. The lowest BCUT2D eigenvalue weighted by Crippen LogP contribution is -2.29. The van der Waals surface area contributed by atoms with Gasteiger partial charge in [-0.05, 0) is 31.4 Å². The smallest absolute Gasteiger partial charge is 0.132 e. The molecular formula is C18H21FN2. The van der Waals surface area contributed by atoms with Gasteiger partial charge in [0.05, 0.1) is 0 Å². The van der Waals surface area contributed by atoms with Gasteiger partial charge in [-0.25, -0.2) is 4.39 Å². The third-order valence-corrected chi connectivity index (χ3v) is 4.19.